The van der Waals surface area contributed by atoms with Crippen molar-refractivity contribution in [3.8, 4) is 0 Å². The molecule has 1 aromatic carbocycles. The predicted molar refractivity (Wildman–Crippen MR) is 59.3 cm³/mol. The van der Waals surface area contributed by atoms with Crippen LogP contribution in [0, 0.1) is 0 Å². The summed E-state index contributed by atoms with van der Waals surface area (Å²) in [5, 5.41) is 10.7. The molecule has 4 nitrogen and oxygen atoms in total. The first-order chi connectivity index (χ1) is 6.93. The first-order valence-electron chi connectivity index (χ1n) is 4.55. The Morgan fingerprint density at radius 2 is 1.79 bits per heavy atom. The van der Waals surface area contributed by atoms with Crippen LogP contribution in [0.2, 0.25) is 0 Å². The molecule has 0 amide bonds. The molecule has 76 valence electrons. The molecule has 14 heavy (non-hydrogen) atoms. The van der Waals surface area contributed by atoms with E-state index < -0.39 is 0 Å². The lowest BCUT2D eigenvalue weighted by atomic mass is 10.2. The van der Waals surface area contributed by atoms with Gasteiger partial charge in [0.05, 0.1) is 13.3 Å². The minimum atomic E-state index is 1.02. The number of hydrogen-bond acceptors (Lipinski definition) is 3. The zero-order valence-electron chi connectivity index (χ0n) is 8.81. The minimum absolute atomic E-state index is 1.02. The smallest absolute Gasteiger partial charge is 0.0561 e. The van der Waals surface area contributed by atoms with Crippen molar-refractivity contribution in [1.29, 1.82) is 0 Å². The van der Waals surface area contributed by atoms with Gasteiger partial charge in [0, 0.05) is 0 Å². The Labute approximate surface area is 84.7 Å². The third-order valence-corrected chi connectivity index (χ3v) is 1.22. The molecule has 1 N–H and O–H groups in total. The lowest BCUT2D eigenvalue weighted by molar-refractivity contribution is 0.742. The molecule has 0 saturated heterocycles. The van der Waals surface area contributed by atoms with Gasteiger partial charge in [0.1, 0.15) is 0 Å². The van der Waals surface area contributed by atoms with Gasteiger partial charge in [0.15, 0.2) is 0 Å². The third-order valence-electron chi connectivity index (χ3n) is 1.22. The summed E-state index contributed by atoms with van der Waals surface area (Å²) in [6.45, 7) is 4.00. The van der Waals surface area contributed by atoms with Gasteiger partial charge in [-0.3, -0.25) is 0 Å². The molecule has 0 bridgehead atoms. The predicted octanol–water partition coefficient (Wildman–Crippen LogP) is 2.63. The highest BCUT2D eigenvalue weighted by atomic mass is 15.6. The summed E-state index contributed by atoms with van der Waals surface area (Å²) in [6, 6.07) is 9.75. The summed E-state index contributed by atoms with van der Waals surface area (Å²) in [7, 11) is 1.57. The summed E-state index contributed by atoms with van der Waals surface area (Å²) in [5.41, 5.74) is 3.44. The van der Waals surface area contributed by atoms with E-state index in [9.17, 15) is 0 Å². The molecule has 0 aliphatic carbocycles. The summed E-state index contributed by atoms with van der Waals surface area (Å²) in [6.07, 6.45) is 1.68. The van der Waals surface area contributed by atoms with Crippen molar-refractivity contribution >= 4 is 6.21 Å². The average Bonchev–Trinajstić information content (AvgIpc) is 2.29. The van der Waals surface area contributed by atoms with Crippen molar-refractivity contribution in [2.24, 2.45) is 15.4 Å². The molecule has 4 heteroatoms. The summed E-state index contributed by atoms with van der Waals surface area (Å²) in [5.74, 6) is 0. The fraction of sp³-hybridized carbons (Fsp3) is 0.300. The molecule has 0 heterocycles. The Morgan fingerprint density at radius 1 is 1.14 bits per heavy atom. The first-order valence-corrected chi connectivity index (χ1v) is 4.55. The zero-order valence-corrected chi connectivity index (χ0v) is 8.81. The van der Waals surface area contributed by atoms with Crippen LogP contribution < -0.4 is 5.53 Å². The maximum absolute atomic E-state index is 3.80. The molecular formula is C10H16N4. The number of rotatable bonds is 3. The number of hydrogen-bond donors (Lipinski definition) is 1. The Bertz CT molecular complexity index is 267. The van der Waals surface area contributed by atoms with Gasteiger partial charge in [-0.15, -0.1) is 0 Å². The fourth-order valence-corrected chi connectivity index (χ4v) is 0.713. The van der Waals surface area contributed by atoms with Crippen LogP contribution in [-0.2, 0) is 0 Å². The van der Waals surface area contributed by atoms with Crippen molar-refractivity contribution in [3.05, 3.63) is 35.9 Å². The van der Waals surface area contributed by atoms with E-state index in [2.05, 4.69) is 21.0 Å². The van der Waals surface area contributed by atoms with Gasteiger partial charge >= 0.3 is 0 Å². The molecule has 0 radical (unpaired) electrons. The molecule has 1 rings (SSSR count). The van der Waals surface area contributed by atoms with E-state index in [-0.39, 0.29) is 0 Å². The van der Waals surface area contributed by atoms with Crippen LogP contribution in [-0.4, -0.2) is 13.3 Å². The molecule has 0 aromatic heterocycles. The number of benzene rings is 1. The normalized spacial score (nSPS) is 9.93. The van der Waals surface area contributed by atoms with Crippen molar-refractivity contribution in [1.82, 2.24) is 5.53 Å². The van der Waals surface area contributed by atoms with E-state index in [4.69, 9.17) is 0 Å². The SMILES string of the molecule is CC.CN=NN/N=C/c1ccccc1. The standard InChI is InChI=1S/C8H10N4.C2H6/c1-9-11-12-10-7-8-5-3-2-4-6-8;1-2/h2-7H,1H3,(H,9,12);1-2H3/b10-7+;. The summed E-state index contributed by atoms with van der Waals surface area (Å²) < 4.78 is 0. The lowest BCUT2D eigenvalue weighted by Gasteiger charge is -1.89. The van der Waals surface area contributed by atoms with Crippen LogP contribution in [0.5, 0.6) is 0 Å². The van der Waals surface area contributed by atoms with E-state index in [1.165, 1.54) is 0 Å². The van der Waals surface area contributed by atoms with Crippen molar-refractivity contribution in [2.45, 2.75) is 13.8 Å². The lowest BCUT2D eigenvalue weighted by Crippen LogP contribution is -1.93. The van der Waals surface area contributed by atoms with Gasteiger partial charge in [-0.25, -0.2) is 0 Å². The molecule has 0 aliphatic heterocycles. The van der Waals surface area contributed by atoms with Crippen LogP contribution in [0.3, 0.4) is 0 Å². The maximum atomic E-state index is 3.80. The highest BCUT2D eigenvalue weighted by Crippen LogP contribution is 1.92. The average molecular weight is 192 g/mol. The van der Waals surface area contributed by atoms with Gasteiger partial charge in [-0.1, -0.05) is 49.4 Å². The second kappa shape index (κ2) is 9.38. The van der Waals surface area contributed by atoms with Gasteiger partial charge < -0.3 is 0 Å². The number of nitrogens with one attached hydrogen (secondary N) is 1. The Morgan fingerprint density at radius 3 is 2.36 bits per heavy atom. The molecular weight excluding hydrogens is 176 g/mol. The molecule has 0 unspecified atom stereocenters. The quantitative estimate of drug-likeness (QED) is 0.446. The topological polar surface area (TPSA) is 49.1 Å². The monoisotopic (exact) mass is 192 g/mol. The van der Waals surface area contributed by atoms with Gasteiger partial charge in [0.25, 0.3) is 0 Å². The Balaban J connectivity index is 0.000000791. The van der Waals surface area contributed by atoms with E-state index in [1.807, 2.05) is 44.2 Å². The molecule has 1 aromatic rings. The highest BCUT2D eigenvalue weighted by Gasteiger charge is 1.80. The molecule has 0 aliphatic rings. The Hall–Kier alpha value is -1.71. The van der Waals surface area contributed by atoms with Crippen LogP contribution >= 0.6 is 0 Å². The molecule has 0 atom stereocenters. The summed E-state index contributed by atoms with van der Waals surface area (Å²) >= 11 is 0. The van der Waals surface area contributed by atoms with Crippen LogP contribution in [0.25, 0.3) is 0 Å². The van der Waals surface area contributed by atoms with Gasteiger partial charge in [-0.05, 0) is 5.56 Å². The molecule has 0 fully saturated rings. The third kappa shape index (κ3) is 5.88. The number of nitrogens with zero attached hydrogens (tertiary/aromatic N) is 3. The van der Waals surface area contributed by atoms with Gasteiger partial charge in [-0.2, -0.15) is 15.8 Å². The van der Waals surface area contributed by atoms with Crippen molar-refractivity contribution < 1.29 is 0 Å². The maximum Gasteiger partial charge on any atom is 0.0561 e. The van der Waals surface area contributed by atoms with Crippen LogP contribution in [0.4, 0.5) is 0 Å². The largest absolute Gasteiger partial charge is 0.179 e. The van der Waals surface area contributed by atoms with E-state index in [0.717, 1.165) is 5.56 Å². The fourth-order valence-electron chi connectivity index (χ4n) is 0.713. The van der Waals surface area contributed by atoms with Crippen molar-refractivity contribution in [3.63, 3.8) is 0 Å². The minimum Gasteiger partial charge on any atom is -0.179 e. The van der Waals surface area contributed by atoms with Crippen molar-refractivity contribution in [2.75, 3.05) is 7.05 Å². The molecule has 0 saturated carbocycles. The van der Waals surface area contributed by atoms with E-state index in [0.29, 0.717) is 0 Å². The second-order valence-corrected chi connectivity index (χ2v) is 2.07. The van der Waals surface area contributed by atoms with E-state index in [1.54, 1.807) is 13.3 Å². The van der Waals surface area contributed by atoms with E-state index >= 15 is 0 Å². The zero-order chi connectivity index (χ0) is 10.6. The summed E-state index contributed by atoms with van der Waals surface area (Å²) in [4.78, 5) is 0. The van der Waals surface area contributed by atoms with Crippen LogP contribution in [0.1, 0.15) is 19.4 Å². The first kappa shape index (κ1) is 12.3. The molecule has 0 spiro atoms. The van der Waals surface area contributed by atoms with Crippen LogP contribution in [0.15, 0.2) is 45.8 Å². The van der Waals surface area contributed by atoms with Gasteiger partial charge in [0.2, 0.25) is 0 Å². The number of hydrazone groups is 1. The highest BCUT2D eigenvalue weighted by molar-refractivity contribution is 5.79. The second-order valence-electron chi connectivity index (χ2n) is 2.07. The Kier molecular flexibility index (Phi) is 8.23.